The number of hydrogen-bond donors (Lipinski definition) is 1. The van der Waals surface area contributed by atoms with Crippen LogP contribution in [0.15, 0.2) is 48.5 Å². The molecule has 0 bridgehead atoms. The minimum Gasteiger partial charge on any atom is -0.351 e. The van der Waals surface area contributed by atoms with Crippen molar-refractivity contribution in [3.05, 3.63) is 71.3 Å². The maximum absolute atomic E-state index is 13.8. The molecule has 0 aromatic heterocycles. The molecule has 0 unspecified atom stereocenters. The van der Waals surface area contributed by atoms with Gasteiger partial charge in [-0.25, -0.2) is 8.78 Å². The first-order valence-corrected chi connectivity index (χ1v) is 11.3. The SMILES string of the molecule is CCCN(C(=O)CCNC(=O)c1ccc(F)cc1F)C1CCN(C(=O)c2ccccc2)CC1. The summed E-state index contributed by atoms with van der Waals surface area (Å²) in [5.74, 6) is -2.48. The van der Waals surface area contributed by atoms with Gasteiger partial charge in [0.05, 0.1) is 5.56 Å². The highest BCUT2D eigenvalue weighted by Crippen LogP contribution is 2.20. The Morgan fingerprint density at radius 2 is 1.76 bits per heavy atom. The summed E-state index contributed by atoms with van der Waals surface area (Å²) in [7, 11) is 0. The molecule has 1 N–H and O–H groups in total. The van der Waals surface area contributed by atoms with Gasteiger partial charge in [0.1, 0.15) is 11.6 Å². The van der Waals surface area contributed by atoms with Crippen LogP contribution in [0.5, 0.6) is 0 Å². The molecule has 0 radical (unpaired) electrons. The number of carbonyl (C=O) groups is 3. The molecule has 0 atom stereocenters. The Bertz CT molecular complexity index is 976. The van der Waals surface area contributed by atoms with E-state index in [9.17, 15) is 23.2 Å². The van der Waals surface area contributed by atoms with Gasteiger partial charge in [-0.05, 0) is 43.5 Å². The lowest BCUT2D eigenvalue weighted by Gasteiger charge is -2.38. The lowest BCUT2D eigenvalue weighted by Crippen LogP contribution is -2.49. The topological polar surface area (TPSA) is 69.7 Å². The number of halogens is 2. The van der Waals surface area contributed by atoms with Crippen molar-refractivity contribution in [1.29, 1.82) is 0 Å². The summed E-state index contributed by atoms with van der Waals surface area (Å²) in [4.78, 5) is 41.3. The van der Waals surface area contributed by atoms with Gasteiger partial charge in [-0.2, -0.15) is 0 Å². The van der Waals surface area contributed by atoms with Crippen molar-refractivity contribution in [2.45, 2.75) is 38.6 Å². The molecule has 1 fully saturated rings. The highest BCUT2D eigenvalue weighted by atomic mass is 19.1. The van der Waals surface area contributed by atoms with Crippen LogP contribution < -0.4 is 5.32 Å². The Morgan fingerprint density at radius 1 is 1.06 bits per heavy atom. The summed E-state index contributed by atoms with van der Waals surface area (Å²) in [6, 6.07) is 11.9. The third kappa shape index (κ3) is 6.37. The molecule has 1 saturated heterocycles. The second-order valence-electron chi connectivity index (χ2n) is 8.11. The van der Waals surface area contributed by atoms with Crippen LogP contribution in [0.4, 0.5) is 8.78 Å². The van der Waals surface area contributed by atoms with E-state index in [2.05, 4.69) is 5.32 Å². The Hall–Kier alpha value is -3.29. The average Bonchev–Trinajstić information content (AvgIpc) is 2.82. The van der Waals surface area contributed by atoms with E-state index < -0.39 is 17.5 Å². The van der Waals surface area contributed by atoms with Gasteiger partial charge in [0.25, 0.3) is 11.8 Å². The normalized spacial score (nSPS) is 14.1. The number of carbonyl (C=O) groups excluding carboxylic acids is 3. The van der Waals surface area contributed by atoms with Crippen LogP contribution in [-0.2, 0) is 4.79 Å². The fraction of sp³-hybridized carbons (Fsp3) is 0.400. The molecule has 1 aliphatic heterocycles. The molecular formula is C25H29F2N3O3. The molecule has 1 heterocycles. The Labute approximate surface area is 192 Å². The number of benzene rings is 2. The molecule has 2 aromatic rings. The number of nitrogens with one attached hydrogen (secondary N) is 1. The summed E-state index contributed by atoms with van der Waals surface area (Å²) in [5.41, 5.74) is 0.399. The lowest BCUT2D eigenvalue weighted by atomic mass is 10.0. The average molecular weight is 458 g/mol. The minimum absolute atomic E-state index is 0.00171. The quantitative estimate of drug-likeness (QED) is 0.658. The molecule has 33 heavy (non-hydrogen) atoms. The van der Waals surface area contributed by atoms with Gasteiger partial charge in [-0.15, -0.1) is 0 Å². The van der Waals surface area contributed by atoms with Crippen molar-refractivity contribution in [2.75, 3.05) is 26.2 Å². The van der Waals surface area contributed by atoms with Gasteiger partial charge in [-0.1, -0.05) is 25.1 Å². The first-order valence-electron chi connectivity index (χ1n) is 11.3. The first-order chi connectivity index (χ1) is 15.9. The van der Waals surface area contributed by atoms with Gasteiger partial charge in [0.2, 0.25) is 5.91 Å². The molecule has 176 valence electrons. The third-order valence-electron chi connectivity index (χ3n) is 5.80. The predicted molar refractivity (Wildman–Crippen MR) is 121 cm³/mol. The van der Waals surface area contributed by atoms with Gasteiger partial charge in [0, 0.05) is 50.3 Å². The minimum atomic E-state index is -0.941. The summed E-state index contributed by atoms with van der Waals surface area (Å²) in [6.07, 6.45) is 2.26. The maximum atomic E-state index is 13.8. The van der Waals surface area contributed by atoms with Crippen molar-refractivity contribution in [1.82, 2.24) is 15.1 Å². The molecule has 6 nitrogen and oxygen atoms in total. The van der Waals surface area contributed by atoms with E-state index in [-0.39, 0.29) is 36.4 Å². The Balaban J connectivity index is 1.50. The van der Waals surface area contributed by atoms with Crippen LogP contribution in [0.2, 0.25) is 0 Å². The zero-order chi connectivity index (χ0) is 23.8. The Morgan fingerprint density at radius 3 is 2.39 bits per heavy atom. The lowest BCUT2D eigenvalue weighted by molar-refractivity contribution is -0.134. The van der Waals surface area contributed by atoms with Crippen molar-refractivity contribution in [3.8, 4) is 0 Å². The molecule has 0 aliphatic carbocycles. The highest BCUT2D eigenvalue weighted by molar-refractivity contribution is 5.95. The van der Waals surface area contributed by atoms with Crippen molar-refractivity contribution in [2.24, 2.45) is 0 Å². The standard InChI is InChI=1S/C25H29F2N3O3/c1-2-14-30(20-11-15-29(16-12-20)25(33)18-6-4-3-5-7-18)23(31)10-13-28-24(32)21-9-8-19(26)17-22(21)27/h3-9,17,20H,2,10-16H2,1H3,(H,28,32). The Kier molecular flexibility index (Phi) is 8.52. The molecule has 1 aliphatic rings. The number of hydrogen-bond acceptors (Lipinski definition) is 3. The van der Waals surface area contributed by atoms with Gasteiger partial charge in [0.15, 0.2) is 0 Å². The van der Waals surface area contributed by atoms with Crippen LogP contribution in [0, 0.1) is 11.6 Å². The number of piperidine rings is 1. The van der Waals surface area contributed by atoms with Crippen LogP contribution in [0.1, 0.15) is 53.3 Å². The molecule has 0 saturated carbocycles. The smallest absolute Gasteiger partial charge is 0.254 e. The van der Waals surface area contributed by atoms with E-state index in [0.29, 0.717) is 44.1 Å². The largest absolute Gasteiger partial charge is 0.351 e. The van der Waals surface area contributed by atoms with E-state index in [0.717, 1.165) is 18.6 Å². The van der Waals surface area contributed by atoms with Gasteiger partial charge in [-0.3, -0.25) is 14.4 Å². The predicted octanol–water partition coefficient (Wildman–Crippen LogP) is 3.63. The number of nitrogens with zero attached hydrogens (tertiary/aromatic N) is 2. The van der Waals surface area contributed by atoms with E-state index in [4.69, 9.17) is 0 Å². The van der Waals surface area contributed by atoms with Crippen molar-refractivity contribution < 1.29 is 23.2 Å². The van der Waals surface area contributed by atoms with E-state index in [1.165, 1.54) is 0 Å². The molecule has 3 amide bonds. The second kappa shape index (κ2) is 11.5. The van der Waals surface area contributed by atoms with Crippen LogP contribution >= 0.6 is 0 Å². The van der Waals surface area contributed by atoms with Crippen LogP contribution in [0.25, 0.3) is 0 Å². The summed E-state index contributed by atoms with van der Waals surface area (Å²) in [6.45, 7) is 3.79. The fourth-order valence-corrected chi connectivity index (χ4v) is 4.09. The van der Waals surface area contributed by atoms with Crippen molar-refractivity contribution >= 4 is 17.7 Å². The fourth-order valence-electron chi connectivity index (χ4n) is 4.09. The monoisotopic (exact) mass is 457 g/mol. The van der Waals surface area contributed by atoms with E-state index in [1.54, 1.807) is 12.1 Å². The van der Waals surface area contributed by atoms with Crippen LogP contribution in [-0.4, -0.2) is 59.7 Å². The number of rotatable bonds is 8. The number of amides is 3. The van der Waals surface area contributed by atoms with Crippen molar-refractivity contribution in [3.63, 3.8) is 0 Å². The maximum Gasteiger partial charge on any atom is 0.254 e. The summed E-state index contributed by atoms with van der Waals surface area (Å²) < 4.78 is 26.8. The first kappa shape index (κ1) is 24.4. The number of likely N-dealkylation sites (tertiary alicyclic amines) is 1. The van der Waals surface area contributed by atoms with E-state index in [1.807, 2.05) is 34.9 Å². The van der Waals surface area contributed by atoms with E-state index >= 15 is 0 Å². The third-order valence-corrected chi connectivity index (χ3v) is 5.80. The summed E-state index contributed by atoms with van der Waals surface area (Å²) in [5, 5.41) is 2.53. The molecule has 2 aromatic carbocycles. The molecular weight excluding hydrogens is 428 g/mol. The zero-order valence-corrected chi connectivity index (χ0v) is 18.7. The molecule has 8 heteroatoms. The zero-order valence-electron chi connectivity index (χ0n) is 18.7. The van der Waals surface area contributed by atoms with Gasteiger partial charge >= 0.3 is 0 Å². The summed E-state index contributed by atoms with van der Waals surface area (Å²) >= 11 is 0. The molecule has 0 spiro atoms. The van der Waals surface area contributed by atoms with Gasteiger partial charge < -0.3 is 15.1 Å². The van der Waals surface area contributed by atoms with Crippen LogP contribution in [0.3, 0.4) is 0 Å². The highest BCUT2D eigenvalue weighted by Gasteiger charge is 2.29. The molecule has 3 rings (SSSR count). The second-order valence-corrected chi connectivity index (χ2v) is 8.11.